The Kier molecular flexibility index (Phi) is 5.43. The molecule has 0 spiro atoms. The summed E-state index contributed by atoms with van der Waals surface area (Å²) < 4.78 is 18.0. The summed E-state index contributed by atoms with van der Waals surface area (Å²) in [4.78, 5) is 16.4. The van der Waals surface area contributed by atoms with Gasteiger partial charge >= 0.3 is 0 Å². The summed E-state index contributed by atoms with van der Waals surface area (Å²) in [5.74, 6) is 0.167. The largest absolute Gasteiger partial charge is 0.497 e. The van der Waals surface area contributed by atoms with E-state index in [1.54, 1.807) is 61.8 Å². The zero-order valence-electron chi connectivity index (χ0n) is 14.2. The van der Waals surface area contributed by atoms with Crippen molar-refractivity contribution in [3.8, 4) is 5.75 Å². The maximum Gasteiger partial charge on any atom is 0.274 e. The lowest BCUT2D eigenvalue weighted by Gasteiger charge is -2.08. The lowest BCUT2D eigenvalue weighted by Crippen LogP contribution is -2.13. The average Bonchev–Trinajstić information content (AvgIpc) is 2.68. The minimum Gasteiger partial charge on any atom is -0.497 e. The number of hydrogen-bond acceptors (Lipinski definition) is 4. The van der Waals surface area contributed by atoms with Crippen molar-refractivity contribution in [3.05, 3.63) is 83.9 Å². The highest BCUT2D eigenvalue weighted by molar-refractivity contribution is 6.02. The quantitative estimate of drug-likeness (QED) is 0.702. The monoisotopic (exact) mass is 351 g/mol. The van der Waals surface area contributed by atoms with Gasteiger partial charge in [-0.1, -0.05) is 12.1 Å². The van der Waals surface area contributed by atoms with Crippen LogP contribution in [0.3, 0.4) is 0 Å². The van der Waals surface area contributed by atoms with Gasteiger partial charge in [-0.05, 0) is 54.1 Å². The Balaban J connectivity index is 1.57. The van der Waals surface area contributed by atoms with Crippen molar-refractivity contribution < 1.29 is 13.9 Å². The summed E-state index contributed by atoms with van der Waals surface area (Å²) in [7, 11) is 1.59. The lowest BCUT2D eigenvalue weighted by atomic mass is 10.2. The number of amides is 1. The van der Waals surface area contributed by atoms with Crippen molar-refractivity contribution in [1.82, 2.24) is 4.98 Å². The van der Waals surface area contributed by atoms with Gasteiger partial charge in [0, 0.05) is 12.2 Å². The number of methoxy groups -OCH3 is 1. The van der Waals surface area contributed by atoms with Gasteiger partial charge in [0.05, 0.1) is 19.0 Å². The van der Waals surface area contributed by atoms with Crippen LogP contribution < -0.4 is 15.4 Å². The molecular weight excluding hydrogens is 333 g/mol. The first-order chi connectivity index (χ1) is 12.6. The van der Waals surface area contributed by atoms with E-state index in [1.165, 1.54) is 12.1 Å². The molecule has 0 fully saturated rings. The molecule has 1 amide bonds. The molecule has 0 bridgehead atoms. The van der Waals surface area contributed by atoms with Crippen molar-refractivity contribution in [2.24, 2.45) is 0 Å². The smallest absolute Gasteiger partial charge is 0.274 e. The fraction of sp³-hybridized carbons (Fsp3) is 0.100. The van der Waals surface area contributed by atoms with E-state index in [0.29, 0.717) is 17.9 Å². The number of nitrogens with one attached hydrogen (secondary N) is 2. The van der Waals surface area contributed by atoms with E-state index in [4.69, 9.17) is 4.74 Å². The number of carbonyl (C=O) groups is 1. The fourth-order valence-corrected chi connectivity index (χ4v) is 2.31. The van der Waals surface area contributed by atoms with Crippen LogP contribution in [0.15, 0.2) is 66.9 Å². The Morgan fingerprint density at radius 1 is 1.00 bits per heavy atom. The molecule has 5 nitrogen and oxygen atoms in total. The molecule has 3 aromatic rings. The highest BCUT2D eigenvalue weighted by Crippen LogP contribution is 2.16. The number of carbonyl (C=O) groups excluding carboxylic acids is 1. The van der Waals surface area contributed by atoms with Gasteiger partial charge in [0.15, 0.2) is 0 Å². The van der Waals surface area contributed by atoms with Crippen LogP contribution >= 0.6 is 0 Å². The molecule has 6 heteroatoms. The molecule has 2 aromatic carbocycles. The maximum absolute atomic E-state index is 12.9. The SMILES string of the molecule is COc1ccc(NC(=O)c2ccc(NCc3ccc(F)cc3)cn2)cc1. The molecule has 0 saturated heterocycles. The van der Waals surface area contributed by atoms with Gasteiger partial charge in [-0.25, -0.2) is 9.37 Å². The van der Waals surface area contributed by atoms with Crippen LogP contribution in [0.1, 0.15) is 16.1 Å². The first-order valence-electron chi connectivity index (χ1n) is 8.04. The summed E-state index contributed by atoms with van der Waals surface area (Å²) in [6.45, 7) is 0.541. The molecule has 0 unspecified atom stereocenters. The molecule has 3 rings (SSSR count). The van der Waals surface area contributed by atoms with Crippen LogP contribution in [0, 0.1) is 5.82 Å². The van der Waals surface area contributed by atoms with Gasteiger partial charge < -0.3 is 15.4 Å². The third kappa shape index (κ3) is 4.57. The normalized spacial score (nSPS) is 10.2. The number of benzene rings is 2. The minimum absolute atomic E-state index is 0.261. The van der Waals surface area contributed by atoms with Crippen LogP contribution in [-0.2, 0) is 6.54 Å². The number of halogens is 1. The van der Waals surface area contributed by atoms with Gasteiger partial charge in [0.2, 0.25) is 0 Å². The second-order valence-electron chi connectivity index (χ2n) is 5.59. The van der Waals surface area contributed by atoms with E-state index in [2.05, 4.69) is 15.6 Å². The summed E-state index contributed by atoms with van der Waals surface area (Å²) in [6.07, 6.45) is 1.59. The summed E-state index contributed by atoms with van der Waals surface area (Å²) in [5, 5.41) is 5.96. The van der Waals surface area contributed by atoms with Gasteiger partial charge in [-0.15, -0.1) is 0 Å². The van der Waals surface area contributed by atoms with Crippen LogP contribution in [-0.4, -0.2) is 18.0 Å². The van der Waals surface area contributed by atoms with E-state index in [9.17, 15) is 9.18 Å². The topological polar surface area (TPSA) is 63.2 Å². The molecule has 132 valence electrons. The molecule has 0 aliphatic rings. The molecule has 1 heterocycles. The zero-order valence-corrected chi connectivity index (χ0v) is 14.2. The highest BCUT2D eigenvalue weighted by Gasteiger charge is 2.08. The minimum atomic E-state index is -0.291. The zero-order chi connectivity index (χ0) is 18.4. The van der Waals surface area contributed by atoms with Crippen molar-refractivity contribution in [1.29, 1.82) is 0 Å². The van der Waals surface area contributed by atoms with Gasteiger partial charge in [0.1, 0.15) is 17.3 Å². The first-order valence-corrected chi connectivity index (χ1v) is 8.04. The van der Waals surface area contributed by atoms with Crippen molar-refractivity contribution in [3.63, 3.8) is 0 Å². The number of hydrogen-bond donors (Lipinski definition) is 2. The molecule has 1 aromatic heterocycles. The van der Waals surface area contributed by atoms with Crippen molar-refractivity contribution in [2.75, 3.05) is 17.7 Å². The molecule has 0 saturated carbocycles. The standard InChI is InChI=1S/C20H18FN3O2/c1-26-18-9-6-16(7-10-18)24-20(25)19-11-8-17(13-23-19)22-12-14-2-4-15(21)5-3-14/h2-11,13,22H,12H2,1H3,(H,24,25). The van der Waals surface area contributed by atoms with E-state index >= 15 is 0 Å². The van der Waals surface area contributed by atoms with Gasteiger partial charge in [-0.2, -0.15) is 0 Å². The van der Waals surface area contributed by atoms with E-state index in [0.717, 1.165) is 17.0 Å². The Morgan fingerprint density at radius 3 is 2.31 bits per heavy atom. The van der Waals surface area contributed by atoms with Gasteiger partial charge in [0.25, 0.3) is 5.91 Å². The second kappa shape index (κ2) is 8.11. The van der Waals surface area contributed by atoms with E-state index in [1.807, 2.05) is 0 Å². The first kappa shape index (κ1) is 17.4. The van der Waals surface area contributed by atoms with Crippen LogP contribution in [0.25, 0.3) is 0 Å². The number of aromatic nitrogens is 1. The molecule has 0 aliphatic heterocycles. The van der Waals surface area contributed by atoms with E-state index < -0.39 is 0 Å². The highest BCUT2D eigenvalue weighted by atomic mass is 19.1. The number of ether oxygens (including phenoxy) is 1. The number of anilines is 2. The Hall–Kier alpha value is -3.41. The van der Waals surface area contributed by atoms with Crippen molar-refractivity contribution >= 4 is 17.3 Å². The predicted octanol–water partition coefficient (Wildman–Crippen LogP) is 4.09. The lowest BCUT2D eigenvalue weighted by molar-refractivity contribution is 0.102. The molecule has 0 atom stereocenters. The maximum atomic E-state index is 12.9. The number of nitrogens with zero attached hydrogens (tertiary/aromatic N) is 1. The molecule has 26 heavy (non-hydrogen) atoms. The summed E-state index contributed by atoms with van der Waals surface area (Å²) >= 11 is 0. The van der Waals surface area contributed by atoms with Crippen LogP contribution in [0.5, 0.6) is 5.75 Å². The summed E-state index contributed by atoms with van der Waals surface area (Å²) in [5.41, 5.74) is 2.70. The average molecular weight is 351 g/mol. The Morgan fingerprint density at radius 2 is 1.69 bits per heavy atom. The third-order valence-corrected chi connectivity index (χ3v) is 3.75. The fourth-order valence-electron chi connectivity index (χ4n) is 2.31. The number of rotatable bonds is 6. The third-order valence-electron chi connectivity index (χ3n) is 3.75. The predicted molar refractivity (Wildman–Crippen MR) is 98.9 cm³/mol. The second-order valence-corrected chi connectivity index (χ2v) is 5.59. The Bertz CT molecular complexity index is 863. The molecule has 0 aliphatic carbocycles. The molecular formula is C20H18FN3O2. The van der Waals surface area contributed by atoms with Crippen LogP contribution in [0.4, 0.5) is 15.8 Å². The van der Waals surface area contributed by atoms with Crippen LogP contribution in [0.2, 0.25) is 0 Å². The molecule has 2 N–H and O–H groups in total. The Labute approximate surface area is 150 Å². The summed E-state index contributed by atoms with van der Waals surface area (Å²) in [6, 6.07) is 16.7. The number of pyridine rings is 1. The van der Waals surface area contributed by atoms with E-state index in [-0.39, 0.29) is 11.7 Å². The van der Waals surface area contributed by atoms with Crippen molar-refractivity contribution in [2.45, 2.75) is 6.54 Å². The van der Waals surface area contributed by atoms with Gasteiger partial charge in [-0.3, -0.25) is 4.79 Å². The molecule has 0 radical (unpaired) electrons.